The maximum Gasteiger partial charge on any atom is 0.303 e. The van der Waals surface area contributed by atoms with Crippen molar-refractivity contribution < 1.29 is 18.7 Å². The molecule has 0 aliphatic heterocycles. The zero-order chi connectivity index (χ0) is 14.0. The summed E-state index contributed by atoms with van der Waals surface area (Å²) in [5.74, 6) is -0.378. The highest BCUT2D eigenvalue weighted by Gasteiger charge is 2.46. The van der Waals surface area contributed by atoms with Crippen LogP contribution in [0.15, 0.2) is 32.7 Å². The van der Waals surface area contributed by atoms with E-state index in [0.29, 0.717) is 10.0 Å². The normalized spacial score (nSPS) is 24.8. The fraction of sp³-hybridized carbons (Fsp3) is 0.429. The maximum atomic E-state index is 12.5. The van der Waals surface area contributed by atoms with E-state index in [0.717, 1.165) is 12.0 Å². The van der Waals surface area contributed by atoms with Crippen molar-refractivity contribution in [2.24, 2.45) is 5.41 Å². The summed E-state index contributed by atoms with van der Waals surface area (Å²) in [7, 11) is 0. The lowest BCUT2D eigenvalue weighted by atomic mass is 9.71. The Morgan fingerprint density at radius 1 is 1.58 bits per heavy atom. The first kappa shape index (κ1) is 14.3. The molecule has 19 heavy (non-hydrogen) atoms. The van der Waals surface area contributed by atoms with E-state index in [2.05, 4.69) is 0 Å². The second kappa shape index (κ2) is 5.48. The molecule has 0 unspecified atom stereocenters. The molecule has 1 aliphatic carbocycles. The number of ether oxygens (including phenoxy) is 1. The van der Waals surface area contributed by atoms with Crippen molar-refractivity contribution in [1.82, 2.24) is 0 Å². The second-order valence-electron chi connectivity index (χ2n) is 4.88. The summed E-state index contributed by atoms with van der Waals surface area (Å²) in [4.78, 5) is 23.8. The molecule has 2 rings (SSSR count). The highest BCUT2D eigenvalue weighted by molar-refractivity contribution is 14.1. The lowest BCUT2D eigenvalue weighted by Crippen LogP contribution is -2.38. The van der Waals surface area contributed by atoms with Gasteiger partial charge in [-0.3, -0.25) is 9.59 Å². The van der Waals surface area contributed by atoms with E-state index in [1.54, 1.807) is 6.07 Å². The van der Waals surface area contributed by atoms with Crippen LogP contribution in [0.3, 0.4) is 0 Å². The largest absolute Gasteiger partial charge is 0.472 e. The molecule has 1 aromatic rings. The molecule has 0 radical (unpaired) electrons. The Morgan fingerprint density at radius 3 is 2.89 bits per heavy atom. The zero-order valence-corrected chi connectivity index (χ0v) is 13.0. The number of hydrogen-bond donors (Lipinski definition) is 0. The Kier molecular flexibility index (Phi) is 4.13. The van der Waals surface area contributed by atoms with Gasteiger partial charge in [-0.1, -0.05) is 6.08 Å². The molecule has 1 aliphatic rings. The molecule has 0 fully saturated rings. The molecule has 5 heteroatoms. The second-order valence-corrected chi connectivity index (χ2v) is 6.05. The maximum absolute atomic E-state index is 12.5. The molecular weight excluding hydrogens is 359 g/mol. The number of furan rings is 1. The van der Waals surface area contributed by atoms with Crippen LogP contribution in [0, 0.1) is 5.41 Å². The van der Waals surface area contributed by atoms with Gasteiger partial charge in [-0.05, 0) is 48.4 Å². The molecule has 102 valence electrons. The highest BCUT2D eigenvalue weighted by atomic mass is 127. The Bertz CT molecular complexity index is 518. The first-order chi connectivity index (χ1) is 8.95. The topological polar surface area (TPSA) is 56.5 Å². The SMILES string of the molecule is CC(=O)O[C@@H](c1ccoc1)[C@]1(C)CCC=C(I)C1=O. The fourth-order valence-electron chi connectivity index (χ4n) is 2.38. The summed E-state index contributed by atoms with van der Waals surface area (Å²) in [6.07, 6.45) is 5.82. The van der Waals surface area contributed by atoms with Crippen LogP contribution in [0.4, 0.5) is 0 Å². The molecule has 0 N–H and O–H groups in total. The van der Waals surface area contributed by atoms with Crippen LogP contribution in [0.5, 0.6) is 0 Å². The molecular formula is C14H15IO4. The molecule has 0 saturated heterocycles. The average Bonchev–Trinajstić information content (AvgIpc) is 2.86. The van der Waals surface area contributed by atoms with E-state index in [4.69, 9.17) is 9.15 Å². The lowest BCUT2D eigenvalue weighted by Gasteiger charge is -2.37. The van der Waals surface area contributed by atoms with Crippen LogP contribution in [0.1, 0.15) is 38.4 Å². The number of esters is 1. The summed E-state index contributed by atoms with van der Waals surface area (Å²) < 4.78 is 11.2. The van der Waals surface area contributed by atoms with E-state index < -0.39 is 17.5 Å². The monoisotopic (exact) mass is 374 g/mol. The Labute approximate surface area is 125 Å². The Balaban J connectivity index is 2.40. The Morgan fingerprint density at radius 2 is 2.32 bits per heavy atom. The van der Waals surface area contributed by atoms with E-state index in [1.165, 1.54) is 19.5 Å². The van der Waals surface area contributed by atoms with Crippen LogP contribution >= 0.6 is 22.6 Å². The number of Topliss-reactive ketones (excluding diaryl/α,β-unsaturated/α-hetero) is 1. The van der Waals surface area contributed by atoms with Gasteiger partial charge in [-0.25, -0.2) is 0 Å². The predicted octanol–water partition coefficient (Wildman–Crippen LogP) is 3.57. The number of carbonyl (C=O) groups is 2. The van der Waals surface area contributed by atoms with Gasteiger partial charge in [0, 0.05) is 12.5 Å². The van der Waals surface area contributed by atoms with Crippen molar-refractivity contribution in [1.29, 1.82) is 0 Å². The molecule has 0 bridgehead atoms. The van der Waals surface area contributed by atoms with Crippen molar-refractivity contribution in [2.45, 2.75) is 32.8 Å². The van der Waals surface area contributed by atoms with Crippen molar-refractivity contribution in [3.05, 3.63) is 33.8 Å². The number of halogens is 1. The van der Waals surface area contributed by atoms with Gasteiger partial charge in [0.05, 0.1) is 21.5 Å². The zero-order valence-electron chi connectivity index (χ0n) is 10.8. The first-order valence-electron chi connectivity index (χ1n) is 6.05. The number of allylic oxidation sites excluding steroid dienone is 2. The third-order valence-electron chi connectivity index (χ3n) is 3.43. The summed E-state index contributed by atoms with van der Waals surface area (Å²) in [6, 6.07) is 1.73. The Hall–Kier alpha value is -1.11. The number of carbonyl (C=O) groups excluding carboxylic acids is 2. The minimum absolute atomic E-state index is 0.0202. The van der Waals surface area contributed by atoms with E-state index >= 15 is 0 Å². The molecule has 1 heterocycles. The van der Waals surface area contributed by atoms with Gasteiger partial charge in [0.1, 0.15) is 6.10 Å². The van der Waals surface area contributed by atoms with Gasteiger partial charge in [0.15, 0.2) is 5.78 Å². The molecule has 0 saturated carbocycles. The highest BCUT2D eigenvalue weighted by Crippen LogP contribution is 2.46. The van der Waals surface area contributed by atoms with Crippen LogP contribution in [0.2, 0.25) is 0 Å². The minimum atomic E-state index is -0.735. The van der Waals surface area contributed by atoms with Crippen molar-refractivity contribution in [3.63, 3.8) is 0 Å². The molecule has 2 atom stereocenters. The molecule has 0 aromatic carbocycles. The number of ketones is 1. The third kappa shape index (κ3) is 2.75. The van der Waals surface area contributed by atoms with Crippen molar-refractivity contribution >= 4 is 34.3 Å². The number of rotatable bonds is 3. The van der Waals surface area contributed by atoms with Gasteiger partial charge in [0.2, 0.25) is 0 Å². The van der Waals surface area contributed by atoms with Gasteiger partial charge in [-0.15, -0.1) is 0 Å². The quantitative estimate of drug-likeness (QED) is 0.600. The predicted molar refractivity (Wildman–Crippen MR) is 77.7 cm³/mol. The van der Waals surface area contributed by atoms with E-state index in [-0.39, 0.29) is 5.78 Å². The van der Waals surface area contributed by atoms with Gasteiger partial charge in [0.25, 0.3) is 0 Å². The van der Waals surface area contributed by atoms with Crippen molar-refractivity contribution in [3.8, 4) is 0 Å². The van der Waals surface area contributed by atoms with Crippen LogP contribution in [0.25, 0.3) is 0 Å². The number of hydrogen-bond acceptors (Lipinski definition) is 4. The summed E-state index contributed by atoms with van der Waals surface area (Å²) in [5, 5.41) is 0. The van der Waals surface area contributed by atoms with Crippen LogP contribution < -0.4 is 0 Å². The van der Waals surface area contributed by atoms with Gasteiger partial charge in [-0.2, -0.15) is 0 Å². The molecule has 0 amide bonds. The van der Waals surface area contributed by atoms with Crippen LogP contribution in [-0.4, -0.2) is 11.8 Å². The summed E-state index contributed by atoms with van der Waals surface area (Å²) in [5.41, 5.74) is -0.0157. The molecule has 1 aromatic heterocycles. The summed E-state index contributed by atoms with van der Waals surface area (Å²) in [6.45, 7) is 3.20. The molecule has 4 nitrogen and oxygen atoms in total. The van der Waals surface area contributed by atoms with Gasteiger partial charge < -0.3 is 9.15 Å². The summed E-state index contributed by atoms with van der Waals surface area (Å²) >= 11 is 2.04. The fourth-order valence-corrected chi connectivity index (χ4v) is 3.31. The smallest absolute Gasteiger partial charge is 0.303 e. The average molecular weight is 374 g/mol. The van der Waals surface area contributed by atoms with E-state index in [9.17, 15) is 9.59 Å². The minimum Gasteiger partial charge on any atom is -0.472 e. The third-order valence-corrected chi connectivity index (χ3v) is 4.36. The van der Waals surface area contributed by atoms with Crippen molar-refractivity contribution in [2.75, 3.05) is 0 Å². The lowest BCUT2D eigenvalue weighted by molar-refractivity contribution is -0.157. The first-order valence-corrected chi connectivity index (χ1v) is 7.13. The van der Waals surface area contributed by atoms with E-state index in [1.807, 2.05) is 35.6 Å². The molecule has 0 spiro atoms. The van der Waals surface area contributed by atoms with Crippen LogP contribution in [-0.2, 0) is 14.3 Å². The van der Waals surface area contributed by atoms with Gasteiger partial charge >= 0.3 is 5.97 Å². The standard InChI is InChI=1S/C14H15IO4/c1-9(16)19-13(10-5-7-18-8-10)14(2)6-3-4-11(15)12(14)17/h4-5,7-8,13H,3,6H2,1-2H3/t13-,14+/m0/s1.